The minimum Gasteiger partial charge on any atom is -0.375 e. The molecule has 3 nitrogen and oxygen atoms in total. The van der Waals surface area contributed by atoms with Gasteiger partial charge in [0, 0.05) is 31.9 Å². The lowest BCUT2D eigenvalue weighted by molar-refractivity contribution is 0.695. The number of thiocarbonyl (C=S) groups is 1. The van der Waals surface area contributed by atoms with Crippen molar-refractivity contribution in [2.45, 2.75) is 26.3 Å². The first-order valence-electron chi connectivity index (χ1n) is 6.40. The third-order valence-electron chi connectivity index (χ3n) is 2.57. The van der Waals surface area contributed by atoms with Crippen molar-refractivity contribution < 1.29 is 0 Å². The standard InChI is InChI=1S/C14H23N3S/c1-12(2)16-14(18)15-10-7-11-17(3)13-8-5-4-6-9-13/h4-6,8-9,12H,7,10-11H2,1-3H3,(H2,15,16,18). The molecule has 0 aliphatic rings. The average Bonchev–Trinajstić information content (AvgIpc) is 2.34. The summed E-state index contributed by atoms with van der Waals surface area (Å²) in [5.41, 5.74) is 1.25. The van der Waals surface area contributed by atoms with E-state index in [1.54, 1.807) is 0 Å². The van der Waals surface area contributed by atoms with Crippen LogP contribution in [0.25, 0.3) is 0 Å². The van der Waals surface area contributed by atoms with Gasteiger partial charge in [0.05, 0.1) is 0 Å². The van der Waals surface area contributed by atoms with Crippen molar-refractivity contribution in [3.05, 3.63) is 30.3 Å². The highest BCUT2D eigenvalue weighted by Gasteiger charge is 2.00. The Balaban J connectivity index is 2.17. The molecule has 0 atom stereocenters. The van der Waals surface area contributed by atoms with E-state index in [4.69, 9.17) is 12.2 Å². The summed E-state index contributed by atoms with van der Waals surface area (Å²) in [6.07, 6.45) is 1.06. The maximum absolute atomic E-state index is 5.17. The van der Waals surface area contributed by atoms with Gasteiger partial charge in [-0.15, -0.1) is 0 Å². The van der Waals surface area contributed by atoms with Crippen molar-refractivity contribution in [1.29, 1.82) is 0 Å². The molecule has 2 N–H and O–H groups in total. The van der Waals surface area contributed by atoms with E-state index in [2.05, 4.69) is 60.7 Å². The van der Waals surface area contributed by atoms with Gasteiger partial charge >= 0.3 is 0 Å². The summed E-state index contributed by atoms with van der Waals surface area (Å²) in [4.78, 5) is 2.25. The Morgan fingerprint density at radius 3 is 2.56 bits per heavy atom. The maximum Gasteiger partial charge on any atom is 0.166 e. The topological polar surface area (TPSA) is 27.3 Å². The van der Waals surface area contributed by atoms with Gasteiger partial charge < -0.3 is 15.5 Å². The first-order valence-corrected chi connectivity index (χ1v) is 6.81. The first-order chi connectivity index (χ1) is 8.59. The second-order valence-electron chi connectivity index (χ2n) is 4.67. The molecule has 4 heteroatoms. The van der Waals surface area contributed by atoms with Gasteiger partial charge in [-0.25, -0.2) is 0 Å². The molecule has 0 bridgehead atoms. The number of benzene rings is 1. The summed E-state index contributed by atoms with van der Waals surface area (Å²) in [6, 6.07) is 10.8. The summed E-state index contributed by atoms with van der Waals surface area (Å²) in [6.45, 7) is 6.07. The second kappa shape index (κ2) is 7.93. The largest absolute Gasteiger partial charge is 0.375 e. The molecular formula is C14H23N3S. The predicted octanol–water partition coefficient (Wildman–Crippen LogP) is 2.39. The lowest BCUT2D eigenvalue weighted by Crippen LogP contribution is -2.40. The summed E-state index contributed by atoms with van der Waals surface area (Å²) in [7, 11) is 2.11. The maximum atomic E-state index is 5.17. The van der Waals surface area contributed by atoms with Crippen molar-refractivity contribution in [3.63, 3.8) is 0 Å². The van der Waals surface area contributed by atoms with E-state index < -0.39 is 0 Å². The number of para-hydroxylation sites is 1. The average molecular weight is 265 g/mol. The molecule has 0 saturated carbocycles. The summed E-state index contributed by atoms with van der Waals surface area (Å²) in [5.74, 6) is 0. The molecule has 0 heterocycles. The molecular weight excluding hydrogens is 242 g/mol. The van der Waals surface area contributed by atoms with Crippen LogP contribution in [0, 0.1) is 0 Å². The van der Waals surface area contributed by atoms with Gasteiger partial charge in [-0.3, -0.25) is 0 Å². The number of rotatable bonds is 6. The fourth-order valence-corrected chi connectivity index (χ4v) is 1.98. The third kappa shape index (κ3) is 5.87. The van der Waals surface area contributed by atoms with Crippen LogP contribution in [0.2, 0.25) is 0 Å². The van der Waals surface area contributed by atoms with E-state index in [1.807, 2.05) is 6.07 Å². The summed E-state index contributed by atoms with van der Waals surface area (Å²) in [5, 5.41) is 7.13. The van der Waals surface area contributed by atoms with Crippen LogP contribution in [0.3, 0.4) is 0 Å². The third-order valence-corrected chi connectivity index (χ3v) is 2.83. The Bertz CT molecular complexity index is 351. The zero-order valence-corrected chi connectivity index (χ0v) is 12.3. The smallest absolute Gasteiger partial charge is 0.166 e. The van der Waals surface area contributed by atoms with E-state index >= 15 is 0 Å². The minimum atomic E-state index is 0.386. The highest BCUT2D eigenvalue weighted by Crippen LogP contribution is 2.10. The SMILES string of the molecule is CC(C)NC(=S)NCCCN(C)c1ccccc1. The second-order valence-corrected chi connectivity index (χ2v) is 5.07. The monoisotopic (exact) mass is 265 g/mol. The molecule has 0 aliphatic heterocycles. The Morgan fingerprint density at radius 2 is 1.94 bits per heavy atom. The lowest BCUT2D eigenvalue weighted by Gasteiger charge is -2.19. The number of nitrogens with zero attached hydrogens (tertiary/aromatic N) is 1. The predicted molar refractivity (Wildman–Crippen MR) is 83.2 cm³/mol. The van der Waals surface area contributed by atoms with Crippen molar-refractivity contribution in [2.75, 3.05) is 25.0 Å². The molecule has 0 spiro atoms. The Kier molecular flexibility index (Phi) is 6.50. The van der Waals surface area contributed by atoms with Crippen LogP contribution in [-0.2, 0) is 0 Å². The van der Waals surface area contributed by atoms with Crippen molar-refractivity contribution in [3.8, 4) is 0 Å². The van der Waals surface area contributed by atoms with Crippen LogP contribution in [0.1, 0.15) is 20.3 Å². The Morgan fingerprint density at radius 1 is 1.28 bits per heavy atom. The number of hydrogen-bond acceptors (Lipinski definition) is 2. The van der Waals surface area contributed by atoms with Gasteiger partial charge in [-0.05, 0) is 44.6 Å². The van der Waals surface area contributed by atoms with E-state index in [9.17, 15) is 0 Å². The molecule has 1 aromatic rings. The molecule has 0 fully saturated rings. The van der Waals surface area contributed by atoms with Crippen LogP contribution in [0.5, 0.6) is 0 Å². The van der Waals surface area contributed by atoms with E-state index in [1.165, 1.54) is 5.69 Å². The molecule has 18 heavy (non-hydrogen) atoms. The van der Waals surface area contributed by atoms with Crippen LogP contribution in [0.15, 0.2) is 30.3 Å². The molecule has 0 radical (unpaired) electrons. The molecule has 1 rings (SSSR count). The van der Waals surface area contributed by atoms with Gasteiger partial charge in [0.2, 0.25) is 0 Å². The molecule has 0 amide bonds. The number of anilines is 1. The fourth-order valence-electron chi connectivity index (χ4n) is 1.64. The van der Waals surface area contributed by atoms with Crippen molar-refractivity contribution in [2.24, 2.45) is 0 Å². The highest BCUT2D eigenvalue weighted by molar-refractivity contribution is 7.80. The van der Waals surface area contributed by atoms with Crippen LogP contribution in [0.4, 0.5) is 5.69 Å². The minimum absolute atomic E-state index is 0.386. The zero-order valence-electron chi connectivity index (χ0n) is 11.4. The van der Waals surface area contributed by atoms with Crippen LogP contribution >= 0.6 is 12.2 Å². The molecule has 0 aliphatic carbocycles. The normalized spacial score (nSPS) is 10.2. The quantitative estimate of drug-likeness (QED) is 0.610. The van der Waals surface area contributed by atoms with Crippen LogP contribution < -0.4 is 15.5 Å². The molecule has 0 saturated heterocycles. The number of hydrogen-bond donors (Lipinski definition) is 2. The van der Waals surface area contributed by atoms with E-state index in [0.717, 1.165) is 24.6 Å². The van der Waals surface area contributed by atoms with Gasteiger partial charge in [0.1, 0.15) is 0 Å². The highest BCUT2D eigenvalue weighted by atomic mass is 32.1. The molecule has 1 aromatic carbocycles. The van der Waals surface area contributed by atoms with Gasteiger partial charge in [0.15, 0.2) is 5.11 Å². The van der Waals surface area contributed by atoms with Gasteiger partial charge in [-0.1, -0.05) is 18.2 Å². The van der Waals surface area contributed by atoms with E-state index in [-0.39, 0.29) is 0 Å². The summed E-state index contributed by atoms with van der Waals surface area (Å²) >= 11 is 5.17. The van der Waals surface area contributed by atoms with Crippen molar-refractivity contribution in [1.82, 2.24) is 10.6 Å². The summed E-state index contributed by atoms with van der Waals surface area (Å²) < 4.78 is 0. The Labute approximate surface area is 116 Å². The Hall–Kier alpha value is -1.29. The van der Waals surface area contributed by atoms with Crippen molar-refractivity contribution >= 4 is 23.0 Å². The lowest BCUT2D eigenvalue weighted by atomic mass is 10.3. The fraction of sp³-hybridized carbons (Fsp3) is 0.500. The van der Waals surface area contributed by atoms with Gasteiger partial charge in [-0.2, -0.15) is 0 Å². The molecule has 0 unspecified atom stereocenters. The number of nitrogens with one attached hydrogen (secondary N) is 2. The zero-order chi connectivity index (χ0) is 13.4. The molecule has 0 aromatic heterocycles. The first kappa shape index (κ1) is 14.8. The van der Waals surface area contributed by atoms with Gasteiger partial charge in [0.25, 0.3) is 0 Å². The molecule has 100 valence electrons. The van der Waals surface area contributed by atoms with E-state index in [0.29, 0.717) is 6.04 Å². The van der Waals surface area contributed by atoms with Crippen LogP contribution in [-0.4, -0.2) is 31.3 Å².